The summed E-state index contributed by atoms with van der Waals surface area (Å²) < 4.78 is 0. The number of aliphatic hydroxyl groups excluding tert-OH is 2. The third kappa shape index (κ3) is 6.13. The molecule has 0 saturated heterocycles. The minimum atomic E-state index is -0.440. The minimum absolute atomic E-state index is 0.00500. The summed E-state index contributed by atoms with van der Waals surface area (Å²) in [6.07, 6.45) is 8.20. The average molecular weight is 217 g/mol. The van der Waals surface area contributed by atoms with Gasteiger partial charge in [-0.1, -0.05) is 45.4 Å². The molecule has 0 aromatic rings. The summed E-state index contributed by atoms with van der Waals surface area (Å²) in [4.78, 5) is 0. The second-order valence-electron chi connectivity index (χ2n) is 4.54. The Balaban J connectivity index is 3.54. The molecular formula is C12H27NO2. The van der Waals surface area contributed by atoms with E-state index in [1.807, 2.05) is 0 Å². The van der Waals surface area contributed by atoms with E-state index >= 15 is 0 Å². The van der Waals surface area contributed by atoms with Crippen LogP contribution in [0.1, 0.15) is 51.9 Å². The normalized spacial score (nSPS) is 12.0. The topological polar surface area (TPSA) is 66.5 Å². The molecule has 0 unspecified atom stereocenters. The number of unbranched alkanes of at least 4 members (excludes halogenated alkanes) is 5. The molecule has 0 aromatic carbocycles. The maximum Gasteiger partial charge on any atom is 0.0521 e. The molecule has 92 valence electrons. The largest absolute Gasteiger partial charge is 0.396 e. The molecule has 0 saturated carbocycles. The van der Waals surface area contributed by atoms with E-state index in [-0.39, 0.29) is 13.2 Å². The molecule has 0 aromatic heterocycles. The Morgan fingerprint density at radius 1 is 0.933 bits per heavy atom. The average Bonchev–Trinajstić information content (AvgIpc) is 2.29. The molecule has 0 fully saturated rings. The monoisotopic (exact) mass is 217 g/mol. The van der Waals surface area contributed by atoms with Gasteiger partial charge < -0.3 is 15.9 Å². The van der Waals surface area contributed by atoms with Crippen LogP contribution in [0.5, 0.6) is 0 Å². The van der Waals surface area contributed by atoms with Gasteiger partial charge in [-0.25, -0.2) is 0 Å². The zero-order valence-corrected chi connectivity index (χ0v) is 10.0. The summed E-state index contributed by atoms with van der Waals surface area (Å²) in [5.41, 5.74) is 5.13. The molecule has 3 heteroatoms. The van der Waals surface area contributed by atoms with Crippen LogP contribution in [-0.4, -0.2) is 30.0 Å². The summed E-state index contributed by atoms with van der Waals surface area (Å²) in [6, 6.07) is 0. The second kappa shape index (κ2) is 9.13. The number of hydrogen-bond acceptors (Lipinski definition) is 3. The summed E-state index contributed by atoms with van der Waals surface area (Å²) >= 11 is 0. The Kier molecular flexibility index (Phi) is 9.06. The van der Waals surface area contributed by atoms with Gasteiger partial charge in [0.1, 0.15) is 0 Å². The van der Waals surface area contributed by atoms with Crippen molar-refractivity contribution in [1.82, 2.24) is 0 Å². The Bertz CT molecular complexity index is 127. The standard InChI is InChI=1S/C12H27NO2/c1-2-3-4-5-6-7-8-12(9-13,10-14)11-15/h14-15H,2-11,13H2,1H3. The van der Waals surface area contributed by atoms with Crippen LogP contribution in [0.25, 0.3) is 0 Å². The number of rotatable bonds is 10. The fraction of sp³-hybridized carbons (Fsp3) is 1.00. The zero-order valence-electron chi connectivity index (χ0n) is 10.0. The maximum absolute atomic E-state index is 9.18. The van der Waals surface area contributed by atoms with Gasteiger partial charge in [0.15, 0.2) is 0 Å². The molecule has 4 N–H and O–H groups in total. The van der Waals surface area contributed by atoms with E-state index in [0.29, 0.717) is 6.54 Å². The van der Waals surface area contributed by atoms with Crippen LogP contribution in [0, 0.1) is 5.41 Å². The molecule has 0 aliphatic rings. The highest BCUT2D eigenvalue weighted by molar-refractivity contribution is 4.78. The fourth-order valence-electron chi connectivity index (χ4n) is 1.72. The lowest BCUT2D eigenvalue weighted by Crippen LogP contribution is -2.37. The van der Waals surface area contributed by atoms with Crippen molar-refractivity contribution in [1.29, 1.82) is 0 Å². The van der Waals surface area contributed by atoms with Crippen molar-refractivity contribution in [3.63, 3.8) is 0 Å². The SMILES string of the molecule is CCCCCCCCC(CN)(CO)CO. The van der Waals surface area contributed by atoms with E-state index in [9.17, 15) is 10.2 Å². The molecule has 0 aliphatic carbocycles. The van der Waals surface area contributed by atoms with Crippen LogP contribution in [0.2, 0.25) is 0 Å². The maximum atomic E-state index is 9.18. The van der Waals surface area contributed by atoms with Crippen molar-refractivity contribution in [2.75, 3.05) is 19.8 Å². The lowest BCUT2D eigenvalue weighted by Gasteiger charge is -2.27. The lowest BCUT2D eigenvalue weighted by molar-refractivity contribution is 0.0521. The van der Waals surface area contributed by atoms with Gasteiger partial charge in [-0.2, -0.15) is 0 Å². The van der Waals surface area contributed by atoms with Crippen molar-refractivity contribution in [2.45, 2.75) is 51.9 Å². The van der Waals surface area contributed by atoms with Crippen LogP contribution >= 0.6 is 0 Å². The highest BCUT2D eigenvalue weighted by atomic mass is 16.3. The predicted octanol–water partition coefficient (Wildman–Crippen LogP) is 1.67. The molecule has 0 spiro atoms. The number of nitrogens with two attached hydrogens (primary N) is 1. The second-order valence-corrected chi connectivity index (χ2v) is 4.54. The molecule has 0 radical (unpaired) electrons. The van der Waals surface area contributed by atoms with E-state index in [1.54, 1.807) is 0 Å². The predicted molar refractivity (Wildman–Crippen MR) is 63.7 cm³/mol. The first-order chi connectivity index (χ1) is 7.24. The minimum Gasteiger partial charge on any atom is -0.396 e. The first kappa shape index (κ1) is 14.9. The Labute approximate surface area is 93.7 Å². The van der Waals surface area contributed by atoms with Crippen LogP contribution in [-0.2, 0) is 0 Å². The van der Waals surface area contributed by atoms with Gasteiger partial charge in [0.2, 0.25) is 0 Å². The van der Waals surface area contributed by atoms with Crippen molar-refractivity contribution >= 4 is 0 Å². The Hall–Kier alpha value is -0.120. The lowest BCUT2D eigenvalue weighted by atomic mass is 9.84. The highest BCUT2D eigenvalue weighted by Crippen LogP contribution is 2.23. The van der Waals surface area contributed by atoms with Gasteiger partial charge in [-0.15, -0.1) is 0 Å². The third-order valence-electron chi connectivity index (χ3n) is 3.16. The van der Waals surface area contributed by atoms with E-state index in [1.165, 1.54) is 32.1 Å². The van der Waals surface area contributed by atoms with Crippen LogP contribution in [0.15, 0.2) is 0 Å². The van der Waals surface area contributed by atoms with Gasteiger partial charge in [0.25, 0.3) is 0 Å². The highest BCUT2D eigenvalue weighted by Gasteiger charge is 2.26. The number of hydrogen-bond donors (Lipinski definition) is 3. The number of aliphatic hydroxyl groups is 2. The molecule has 0 amide bonds. The van der Waals surface area contributed by atoms with Crippen molar-refractivity contribution in [3.05, 3.63) is 0 Å². The smallest absolute Gasteiger partial charge is 0.0521 e. The quantitative estimate of drug-likeness (QED) is 0.488. The van der Waals surface area contributed by atoms with Crippen molar-refractivity contribution < 1.29 is 10.2 Å². The van der Waals surface area contributed by atoms with E-state index in [4.69, 9.17) is 5.73 Å². The van der Waals surface area contributed by atoms with Crippen LogP contribution in [0.3, 0.4) is 0 Å². The van der Waals surface area contributed by atoms with Crippen LogP contribution in [0.4, 0.5) is 0 Å². The first-order valence-corrected chi connectivity index (χ1v) is 6.16. The summed E-state index contributed by atoms with van der Waals surface area (Å²) in [5.74, 6) is 0. The van der Waals surface area contributed by atoms with Crippen molar-refractivity contribution in [3.8, 4) is 0 Å². The van der Waals surface area contributed by atoms with E-state index < -0.39 is 5.41 Å². The fourth-order valence-corrected chi connectivity index (χ4v) is 1.72. The Morgan fingerprint density at radius 2 is 1.47 bits per heavy atom. The van der Waals surface area contributed by atoms with Crippen LogP contribution < -0.4 is 5.73 Å². The van der Waals surface area contributed by atoms with Gasteiger partial charge in [-0.3, -0.25) is 0 Å². The van der Waals surface area contributed by atoms with Gasteiger partial charge >= 0.3 is 0 Å². The molecule has 0 atom stereocenters. The molecular weight excluding hydrogens is 190 g/mol. The molecule has 15 heavy (non-hydrogen) atoms. The van der Waals surface area contributed by atoms with Gasteiger partial charge in [0, 0.05) is 12.0 Å². The summed E-state index contributed by atoms with van der Waals surface area (Å²) in [7, 11) is 0. The molecule has 0 bridgehead atoms. The van der Waals surface area contributed by atoms with Gasteiger partial charge in [-0.05, 0) is 6.42 Å². The first-order valence-electron chi connectivity index (χ1n) is 6.16. The van der Waals surface area contributed by atoms with Crippen molar-refractivity contribution in [2.24, 2.45) is 11.1 Å². The summed E-state index contributed by atoms with van der Waals surface area (Å²) in [5, 5.41) is 18.4. The third-order valence-corrected chi connectivity index (χ3v) is 3.16. The Morgan fingerprint density at radius 3 is 1.93 bits per heavy atom. The van der Waals surface area contributed by atoms with Gasteiger partial charge in [0.05, 0.1) is 13.2 Å². The summed E-state index contributed by atoms with van der Waals surface area (Å²) in [6.45, 7) is 2.57. The molecule has 0 heterocycles. The molecule has 3 nitrogen and oxygen atoms in total. The van der Waals surface area contributed by atoms with E-state index in [2.05, 4.69) is 6.92 Å². The molecule has 0 rings (SSSR count). The van der Waals surface area contributed by atoms with E-state index in [0.717, 1.165) is 12.8 Å². The zero-order chi connectivity index (χ0) is 11.6. The molecule has 0 aliphatic heterocycles.